The van der Waals surface area contributed by atoms with Crippen LogP contribution in [0.5, 0.6) is 0 Å². The van der Waals surface area contributed by atoms with Crippen LogP contribution in [0, 0.1) is 142 Å². The van der Waals surface area contributed by atoms with Crippen LogP contribution in [0.3, 0.4) is 0 Å². The van der Waals surface area contributed by atoms with E-state index in [4.69, 9.17) is 18.9 Å². The van der Waals surface area contributed by atoms with Crippen LogP contribution >= 0.6 is 0 Å². The Morgan fingerprint density at radius 2 is 0.876 bits per heavy atom. The topological polar surface area (TPSA) is 198 Å². The number of sulfonamides is 2. The minimum atomic E-state index is -3.21. The zero-order valence-corrected chi connectivity index (χ0v) is 54.8. The number of nitrogens with one attached hydrogen (secondary N) is 2. The Balaban J connectivity index is 0.000000300. The van der Waals surface area contributed by atoms with Crippen molar-refractivity contribution in [1.29, 1.82) is 0 Å². The highest BCUT2D eigenvalue weighted by atomic mass is 32.2. The molecule has 16 heteroatoms. The minimum absolute atomic E-state index is 0. The molecule has 14 nitrogen and oxygen atoms in total. The Labute approximate surface area is 543 Å². The van der Waals surface area contributed by atoms with E-state index < -0.39 is 25.6 Å². The molecular weight excluding hydrogens is 1160 g/mol. The van der Waals surface area contributed by atoms with Crippen molar-refractivity contribution in [2.45, 2.75) is 221 Å². The molecule has 89 heavy (non-hydrogen) atoms. The van der Waals surface area contributed by atoms with Gasteiger partial charge in [-0.15, -0.1) is 0 Å². The van der Waals surface area contributed by atoms with Crippen LogP contribution in [0.15, 0.2) is 36.5 Å². The molecule has 12 aliphatic rings. The third-order valence-corrected chi connectivity index (χ3v) is 26.0. The highest BCUT2D eigenvalue weighted by Crippen LogP contribution is 2.71. The van der Waals surface area contributed by atoms with Crippen LogP contribution in [0.2, 0.25) is 0 Å². The summed E-state index contributed by atoms with van der Waals surface area (Å²) in [6.45, 7) is 25.8. The molecule has 24 unspecified atom stereocenters. The lowest BCUT2D eigenvalue weighted by molar-refractivity contribution is -0.165. The van der Waals surface area contributed by atoms with Gasteiger partial charge in [0.05, 0.1) is 36.6 Å². The third kappa shape index (κ3) is 18.9. The summed E-state index contributed by atoms with van der Waals surface area (Å²) >= 11 is 0. The first-order valence-electron chi connectivity index (χ1n) is 33.2. The first-order valence-corrected chi connectivity index (χ1v) is 36.5. The highest BCUT2D eigenvalue weighted by Gasteiger charge is 2.67. The zero-order chi connectivity index (χ0) is 60.8. The van der Waals surface area contributed by atoms with Crippen molar-refractivity contribution >= 4 is 43.9 Å². The molecule has 0 aromatic rings. The predicted octanol–water partition coefficient (Wildman–Crippen LogP) is 14.9. The van der Waals surface area contributed by atoms with Gasteiger partial charge in [0.25, 0.3) is 0 Å². The van der Waals surface area contributed by atoms with Gasteiger partial charge in [0.15, 0.2) is 0 Å². The lowest BCUT2D eigenvalue weighted by Crippen LogP contribution is -2.48. The van der Waals surface area contributed by atoms with E-state index in [9.17, 15) is 36.0 Å². The highest BCUT2D eigenvalue weighted by molar-refractivity contribution is 7.89. The summed E-state index contributed by atoms with van der Waals surface area (Å²) in [6, 6.07) is 0. The largest absolute Gasteiger partial charge is 0.466 e. The van der Waals surface area contributed by atoms with Crippen molar-refractivity contribution < 1.29 is 55.0 Å². The van der Waals surface area contributed by atoms with Crippen LogP contribution in [0.4, 0.5) is 0 Å². The number of hydrogen-bond acceptors (Lipinski definition) is 12. The molecule has 0 aromatic carbocycles. The van der Waals surface area contributed by atoms with Crippen LogP contribution in [0.1, 0.15) is 210 Å². The van der Waals surface area contributed by atoms with Gasteiger partial charge >= 0.3 is 23.9 Å². The molecule has 9 fully saturated rings. The Morgan fingerprint density at radius 1 is 0.438 bits per heavy atom. The zero-order valence-electron chi connectivity index (χ0n) is 53.2. The first kappa shape index (κ1) is 78.4. The summed E-state index contributed by atoms with van der Waals surface area (Å²) < 4.78 is 75.7. The number of ether oxygens (including phenoxy) is 4. The minimum Gasteiger partial charge on any atom is -0.466 e. The van der Waals surface area contributed by atoms with Gasteiger partial charge < -0.3 is 18.9 Å². The second-order valence-electron chi connectivity index (χ2n) is 30.8. The van der Waals surface area contributed by atoms with E-state index >= 15 is 0 Å². The van der Waals surface area contributed by atoms with E-state index in [2.05, 4.69) is 59.7 Å². The number of rotatable bonds is 18. The lowest BCUT2D eigenvalue weighted by atomic mass is 9.55. The van der Waals surface area contributed by atoms with Crippen LogP contribution in [-0.4, -0.2) is 89.7 Å². The van der Waals surface area contributed by atoms with Gasteiger partial charge in [-0.1, -0.05) is 101 Å². The molecule has 12 aliphatic carbocycles. The van der Waals surface area contributed by atoms with Gasteiger partial charge in [-0.05, 0) is 262 Å². The molecule has 2 N–H and O–H groups in total. The summed E-state index contributed by atoms with van der Waals surface area (Å²) in [5.74, 6) is 13.2. The average Bonchev–Trinajstić information content (AvgIpc) is 1.55. The molecule has 12 bridgehead atoms. The second kappa shape index (κ2) is 31.9. The predicted molar refractivity (Wildman–Crippen MR) is 361 cm³/mol. The van der Waals surface area contributed by atoms with Crippen LogP contribution < -0.4 is 9.44 Å². The maximum absolute atomic E-state index is 13.6. The monoisotopic (exact) mass is 1290 g/mol. The molecular formula is C73H128N2O12S2. The van der Waals surface area contributed by atoms with Gasteiger partial charge in [0, 0.05) is 26.9 Å². The fourth-order valence-corrected chi connectivity index (χ4v) is 22.2. The molecule has 0 heterocycles. The summed E-state index contributed by atoms with van der Waals surface area (Å²) in [6.07, 6.45) is 28.8. The number of carbonyl (C=O) groups is 4. The van der Waals surface area contributed by atoms with E-state index in [1.165, 1.54) is 46.0 Å². The average molecular weight is 1290 g/mol. The summed E-state index contributed by atoms with van der Waals surface area (Å²) in [5.41, 5.74) is -0.822. The molecule has 0 radical (unpaired) electrons. The lowest BCUT2D eigenvalue weighted by Gasteiger charge is -2.50. The van der Waals surface area contributed by atoms with E-state index in [0.717, 1.165) is 56.8 Å². The van der Waals surface area contributed by atoms with Gasteiger partial charge in [-0.25, -0.2) is 26.3 Å². The maximum Gasteiger partial charge on any atom is 0.310 e. The first-order chi connectivity index (χ1) is 39.5. The Kier molecular flexibility index (Phi) is 28.1. The summed E-state index contributed by atoms with van der Waals surface area (Å²) in [4.78, 5) is 47.6. The Morgan fingerprint density at radius 3 is 1.31 bits per heavy atom. The van der Waals surface area contributed by atoms with Crippen molar-refractivity contribution in [3.05, 3.63) is 36.5 Å². The normalized spacial score (nSPS) is 38.7. The second-order valence-corrected chi connectivity index (χ2v) is 34.7. The number of carbonyl (C=O) groups excluding carboxylic acids is 4. The van der Waals surface area contributed by atoms with Gasteiger partial charge in [-0.2, -0.15) is 0 Å². The molecule has 12 rings (SSSR count). The van der Waals surface area contributed by atoms with E-state index in [-0.39, 0.29) is 90.0 Å². The molecule has 0 spiro atoms. The number of esters is 4. The van der Waals surface area contributed by atoms with Gasteiger partial charge in [-0.3, -0.25) is 19.2 Å². The maximum atomic E-state index is 13.6. The fraction of sp³-hybridized carbons (Fsp3) is 0.863. The van der Waals surface area contributed by atoms with Gasteiger partial charge in [0.1, 0.15) is 11.2 Å². The van der Waals surface area contributed by atoms with Crippen molar-refractivity contribution in [3.63, 3.8) is 0 Å². The molecule has 24 atom stereocenters. The third-order valence-electron chi connectivity index (χ3n) is 22.9. The van der Waals surface area contributed by atoms with E-state index in [0.29, 0.717) is 158 Å². The molecule has 0 amide bonds. The van der Waals surface area contributed by atoms with Crippen molar-refractivity contribution in [3.8, 4) is 0 Å². The molecule has 9 saturated carbocycles. The van der Waals surface area contributed by atoms with Crippen molar-refractivity contribution in [1.82, 2.24) is 9.44 Å². The standard InChI is InChI=1S/C35H57NO6S.C12H18O2.C11H19NO2S.C10H14O2.5CH4/c1-8-9-43(39,40)36-16-24-10-21-12-27(24)31(18(21)2)32-23-14-28(29(15-23)34(38)42-35(5,6)7)33(32)30-19(3)26-13-22(30)11-25(26)17-41-20(4)37;1-12(2,3)14-11(13)10-7-8-4-5-9(10)6-8;1-2-5-15(13,14)12-8-11-7-9-3-4-10(11)6-9;1-7(11)12-6-10-5-8-2-3-9(10)4-8;;;;;/h18-19,21-33,36H,8-17H2,1-7H3;4-5,8-10H,6-7H2,1-3H3;3-4,9-12H,2,5-8H2,1H3;2-3,8-10H,4-6H2,1H3;5*1H4. The summed E-state index contributed by atoms with van der Waals surface area (Å²) in [7, 11) is -6.22. The van der Waals surface area contributed by atoms with E-state index in [1.54, 1.807) is 0 Å². The fourth-order valence-electron chi connectivity index (χ4n) is 19.9. The number of fused-ring (bicyclic) bond motifs is 12. The summed E-state index contributed by atoms with van der Waals surface area (Å²) in [5, 5.41) is 0. The molecule has 0 saturated heterocycles. The smallest absolute Gasteiger partial charge is 0.310 e. The van der Waals surface area contributed by atoms with E-state index in [1.807, 2.05) is 55.4 Å². The van der Waals surface area contributed by atoms with Crippen molar-refractivity contribution in [2.75, 3.05) is 37.8 Å². The Hall–Kier alpha value is -3.08. The quantitative estimate of drug-likeness (QED) is 0.0749. The molecule has 514 valence electrons. The van der Waals surface area contributed by atoms with Crippen LogP contribution in [0.25, 0.3) is 0 Å². The van der Waals surface area contributed by atoms with Gasteiger partial charge in [0.2, 0.25) is 20.0 Å². The number of allylic oxidation sites excluding steroid dienone is 6. The molecule has 0 aliphatic heterocycles. The van der Waals surface area contributed by atoms with Crippen LogP contribution in [-0.2, 0) is 58.2 Å². The van der Waals surface area contributed by atoms with Crippen molar-refractivity contribution in [2.24, 2.45) is 142 Å². The SMILES string of the molecule is C.C.C.C.C.CC(=O)OCC1CC2C=CC1C2.CC(C)(C)OC(=O)C1CC2C=CC1C2.CCCS(=O)(=O)NCC1CC2C=CC1C2.CCCS(=O)(=O)NCC1CC2CC1C(C1C3CC(C(=O)OC(C)(C)C)C(C3)C1C1C3CC(COC(C)=O)C(C3)C1C)C2C. The molecule has 0 aromatic heterocycles. The Bertz CT molecular complexity index is 2660. The number of hydrogen-bond donors (Lipinski definition) is 2.